The molecule has 0 aliphatic heterocycles. The summed E-state index contributed by atoms with van der Waals surface area (Å²) in [6, 6.07) is 15.9. The van der Waals surface area contributed by atoms with Crippen molar-refractivity contribution in [3.8, 4) is 0 Å². The van der Waals surface area contributed by atoms with Crippen LogP contribution in [0.3, 0.4) is 0 Å². The zero-order chi connectivity index (χ0) is 23.4. The van der Waals surface area contributed by atoms with Gasteiger partial charge in [-0.25, -0.2) is 21.6 Å². The van der Waals surface area contributed by atoms with E-state index in [1.54, 1.807) is 49.5 Å². The molecule has 172 valence electrons. The number of rotatable bonds is 6. The van der Waals surface area contributed by atoms with Crippen molar-refractivity contribution in [2.75, 3.05) is 6.61 Å². The number of aromatic amines is 1. The molecule has 0 unspecified atom stereocenters. The molecule has 2 bridgehead atoms. The van der Waals surface area contributed by atoms with Crippen molar-refractivity contribution >= 4 is 25.6 Å². The maximum Gasteiger partial charge on any atom is 0.355 e. The van der Waals surface area contributed by atoms with Crippen LogP contribution in [0, 0.1) is 0 Å². The highest BCUT2D eigenvalue weighted by Gasteiger charge is 2.62. The van der Waals surface area contributed by atoms with Crippen molar-refractivity contribution in [3.63, 3.8) is 0 Å². The number of hydrogen-bond acceptors (Lipinski definition) is 6. The van der Waals surface area contributed by atoms with Gasteiger partial charge in [0.05, 0.1) is 26.9 Å². The molecule has 7 nitrogen and oxygen atoms in total. The summed E-state index contributed by atoms with van der Waals surface area (Å²) in [7, 11) is -8.01. The quantitative estimate of drug-likeness (QED) is 0.536. The highest BCUT2D eigenvalue weighted by Crippen LogP contribution is 2.60. The number of hydrogen-bond donors (Lipinski definition) is 1. The summed E-state index contributed by atoms with van der Waals surface area (Å²) < 4.78 is 60.5. The molecule has 1 fully saturated rings. The van der Waals surface area contributed by atoms with Crippen LogP contribution in [0.4, 0.5) is 0 Å². The molecule has 9 heteroatoms. The number of ether oxygens (including phenoxy) is 1. The van der Waals surface area contributed by atoms with E-state index in [0.29, 0.717) is 17.5 Å². The van der Waals surface area contributed by atoms with E-state index in [9.17, 15) is 21.6 Å². The molecule has 0 saturated heterocycles. The maximum absolute atomic E-state index is 13.9. The first kappa shape index (κ1) is 21.9. The Morgan fingerprint density at radius 1 is 0.879 bits per heavy atom. The van der Waals surface area contributed by atoms with E-state index in [-0.39, 0.29) is 22.1 Å². The Balaban J connectivity index is 1.70. The molecule has 0 radical (unpaired) electrons. The number of H-pyrrole nitrogens is 1. The number of carbonyl (C=O) groups is 1. The zero-order valence-electron chi connectivity index (χ0n) is 17.8. The number of carbonyl (C=O) groups excluding carboxylic acids is 1. The fourth-order valence-electron chi connectivity index (χ4n) is 5.43. The van der Waals surface area contributed by atoms with Crippen molar-refractivity contribution in [1.82, 2.24) is 4.98 Å². The third-order valence-corrected chi connectivity index (χ3v) is 11.4. The van der Waals surface area contributed by atoms with Gasteiger partial charge in [-0.2, -0.15) is 0 Å². The lowest BCUT2D eigenvalue weighted by Crippen LogP contribution is -2.43. The van der Waals surface area contributed by atoms with E-state index >= 15 is 0 Å². The first-order chi connectivity index (χ1) is 15.8. The molecule has 3 aromatic rings. The molecule has 1 aromatic heterocycles. The average Bonchev–Trinajstić information content (AvgIpc) is 3.52. The molecule has 4 atom stereocenters. The summed E-state index contributed by atoms with van der Waals surface area (Å²) in [6.07, 6.45) is 1.98. The average molecular weight is 486 g/mol. The zero-order valence-corrected chi connectivity index (χ0v) is 19.5. The molecule has 1 heterocycles. The Kier molecular flexibility index (Phi) is 5.21. The Morgan fingerprint density at radius 3 is 1.91 bits per heavy atom. The van der Waals surface area contributed by atoms with Crippen molar-refractivity contribution in [2.45, 2.75) is 45.5 Å². The van der Waals surface area contributed by atoms with Gasteiger partial charge in [-0.15, -0.1) is 0 Å². The van der Waals surface area contributed by atoms with Crippen LogP contribution >= 0.6 is 0 Å². The van der Waals surface area contributed by atoms with Crippen molar-refractivity contribution in [2.24, 2.45) is 0 Å². The lowest BCUT2D eigenvalue weighted by molar-refractivity contribution is 0.0518. The smallest absolute Gasteiger partial charge is 0.355 e. The molecule has 2 aliphatic rings. The van der Waals surface area contributed by atoms with Crippen LogP contribution < -0.4 is 0 Å². The molecule has 33 heavy (non-hydrogen) atoms. The van der Waals surface area contributed by atoms with Crippen LogP contribution in [-0.2, 0) is 24.4 Å². The predicted molar refractivity (Wildman–Crippen MR) is 122 cm³/mol. The normalized spacial score (nSPS) is 23.9. The van der Waals surface area contributed by atoms with Gasteiger partial charge in [0.1, 0.15) is 5.69 Å². The molecular formula is C24H23NO6S2. The highest BCUT2D eigenvalue weighted by molar-refractivity contribution is 7.96. The Labute approximate surface area is 192 Å². The molecular weight excluding hydrogens is 462 g/mol. The maximum atomic E-state index is 13.9. The molecule has 0 amide bonds. The fraction of sp³-hybridized carbons (Fsp3) is 0.292. The van der Waals surface area contributed by atoms with Gasteiger partial charge in [0.2, 0.25) is 0 Å². The highest BCUT2D eigenvalue weighted by atomic mass is 32.2. The summed E-state index contributed by atoms with van der Waals surface area (Å²) in [5.74, 6) is -1.74. The fourth-order valence-corrected chi connectivity index (χ4v) is 10.5. The van der Waals surface area contributed by atoms with Crippen LogP contribution in [0.2, 0.25) is 0 Å². The molecule has 1 saturated carbocycles. The van der Waals surface area contributed by atoms with Gasteiger partial charge >= 0.3 is 5.97 Å². The summed E-state index contributed by atoms with van der Waals surface area (Å²) in [5, 5.41) is -2.37. The molecule has 0 spiro atoms. The first-order valence-electron chi connectivity index (χ1n) is 10.7. The van der Waals surface area contributed by atoms with E-state index < -0.39 is 48.0 Å². The van der Waals surface area contributed by atoms with E-state index in [2.05, 4.69) is 4.98 Å². The van der Waals surface area contributed by atoms with Gasteiger partial charge in [0, 0.05) is 18.0 Å². The van der Waals surface area contributed by atoms with Crippen LogP contribution in [0.1, 0.15) is 46.8 Å². The van der Waals surface area contributed by atoms with Crippen LogP contribution in [-0.4, -0.2) is 44.9 Å². The minimum atomic E-state index is -4.03. The summed E-state index contributed by atoms with van der Waals surface area (Å²) in [5.41, 5.74) is 1.47. The second-order valence-corrected chi connectivity index (χ2v) is 12.6. The van der Waals surface area contributed by atoms with Gasteiger partial charge in [-0.3, -0.25) is 0 Å². The van der Waals surface area contributed by atoms with Gasteiger partial charge in [-0.05, 0) is 48.7 Å². The van der Waals surface area contributed by atoms with E-state index in [0.717, 1.165) is 0 Å². The summed E-state index contributed by atoms with van der Waals surface area (Å²) in [4.78, 5) is 15.6. The topological polar surface area (TPSA) is 110 Å². The van der Waals surface area contributed by atoms with Crippen LogP contribution in [0.25, 0.3) is 0 Å². The number of sulfone groups is 2. The molecule has 5 rings (SSSR count). The first-order valence-corrected chi connectivity index (χ1v) is 13.8. The number of aromatic nitrogens is 1. The van der Waals surface area contributed by atoms with Gasteiger partial charge in [0.15, 0.2) is 19.7 Å². The van der Waals surface area contributed by atoms with Gasteiger partial charge < -0.3 is 9.72 Å². The second kappa shape index (κ2) is 7.85. The third-order valence-electron chi connectivity index (χ3n) is 6.69. The minimum Gasteiger partial charge on any atom is -0.461 e. The van der Waals surface area contributed by atoms with E-state index in [1.165, 1.54) is 24.3 Å². The van der Waals surface area contributed by atoms with Gasteiger partial charge in [0.25, 0.3) is 0 Å². The molecule has 1 N–H and O–H groups in total. The van der Waals surface area contributed by atoms with E-state index in [1.807, 2.05) is 0 Å². The van der Waals surface area contributed by atoms with E-state index in [4.69, 9.17) is 4.74 Å². The lowest BCUT2D eigenvalue weighted by Gasteiger charge is -2.31. The number of fused-ring (bicyclic) bond motifs is 5. The number of nitrogens with one attached hydrogen (secondary N) is 1. The number of benzene rings is 2. The standard InChI is InChI=1S/C24H23NO6S2/c1-2-31-24(26)21-20-18-13-17(19(20)14-25-21)22(32(27,28)15-9-5-3-6-10-15)23(18)33(29,30)16-11-7-4-8-12-16/h3-12,14,17-18,22-23,25H,2,13H2,1H3/t17-,18+,22+,23+/m0/s1. The minimum absolute atomic E-state index is 0.0746. The number of esters is 1. The van der Waals surface area contributed by atoms with Crippen LogP contribution in [0.5, 0.6) is 0 Å². The summed E-state index contributed by atoms with van der Waals surface area (Å²) in [6.45, 7) is 1.87. The summed E-state index contributed by atoms with van der Waals surface area (Å²) >= 11 is 0. The Bertz CT molecular complexity index is 1410. The second-order valence-electron chi connectivity index (χ2n) is 8.35. The van der Waals surface area contributed by atoms with Crippen molar-refractivity contribution < 1.29 is 26.4 Å². The molecule has 2 aromatic carbocycles. The predicted octanol–water partition coefficient (Wildman–Crippen LogP) is 3.46. The molecule has 2 aliphatic carbocycles. The van der Waals surface area contributed by atoms with Gasteiger partial charge in [-0.1, -0.05) is 36.4 Å². The SMILES string of the molecule is CCOC(=O)c1[nH]cc2c1[C@H]1C[C@@H]2[C@@H](S(=O)(=O)c2ccccc2)[C@@H]1S(=O)(=O)c1ccccc1. The third kappa shape index (κ3) is 3.25. The van der Waals surface area contributed by atoms with Crippen molar-refractivity contribution in [1.29, 1.82) is 0 Å². The largest absolute Gasteiger partial charge is 0.461 e. The lowest BCUT2D eigenvalue weighted by atomic mass is 9.92. The van der Waals surface area contributed by atoms with Crippen LogP contribution in [0.15, 0.2) is 76.7 Å². The Hall–Kier alpha value is -2.91. The van der Waals surface area contributed by atoms with Crippen molar-refractivity contribution in [3.05, 3.63) is 83.7 Å². The monoisotopic (exact) mass is 485 g/mol. The Morgan fingerprint density at radius 2 is 1.39 bits per heavy atom.